The van der Waals surface area contributed by atoms with E-state index in [1.54, 1.807) is 37.4 Å². The maximum Gasteiger partial charge on any atom is 0.408 e. The lowest BCUT2D eigenvalue weighted by Gasteiger charge is -2.36. The highest BCUT2D eigenvalue weighted by Gasteiger charge is 2.37. The lowest BCUT2D eigenvalue weighted by molar-refractivity contribution is -0.142. The van der Waals surface area contributed by atoms with Crippen molar-refractivity contribution in [2.75, 3.05) is 18.6 Å². The Kier molecular flexibility index (Phi) is 10.9. The van der Waals surface area contributed by atoms with Crippen LogP contribution >= 0.6 is 11.8 Å². The van der Waals surface area contributed by atoms with Gasteiger partial charge in [0.15, 0.2) is 0 Å². The highest BCUT2D eigenvalue weighted by molar-refractivity contribution is 7.98. The summed E-state index contributed by atoms with van der Waals surface area (Å²) in [6.45, 7) is 17.1. The number of alkyl carbamates (subject to hydrolysis) is 1. The van der Waals surface area contributed by atoms with E-state index in [4.69, 9.17) is 4.74 Å². The molecular weight excluding hydrogens is 450 g/mol. The van der Waals surface area contributed by atoms with Gasteiger partial charge in [-0.3, -0.25) is 9.59 Å². The molecule has 0 aromatic heterocycles. The summed E-state index contributed by atoms with van der Waals surface area (Å²) >= 11 is 1.59. The number of hydrogen-bond acceptors (Lipinski definition) is 5. The van der Waals surface area contributed by atoms with Gasteiger partial charge in [-0.15, -0.1) is 0 Å². The highest BCUT2D eigenvalue weighted by atomic mass is 32.2. The summed E-state index contributed by atoms with van der Waals surface area (Å²) in [5, 5.41) is 5.78. The third-order valence-electron chi connectivity index (χ3n) is 5.01. The first kappa shape index (κ1) is 29.8. The normalized spacial score (nSPS) is 13.6. The zero-order chi connectivity index (χ0) is 26.3. The van der Waals surface area contributed by atoms with Crippen LogP contribution in [0.15, 0.2) is 18.2 Å². The van der Waals surface area contributed by atoms with Crippen molar-refractivity contribution in [3.05, 3.63) is 34.9 Å². The minimum Gasteiger partial charge on any atom is -0.444 e. The molecule has 0 aliphatic heterocycles. The maximum atomic E-state index is 13.8. The number of carbonyl (C=O) groups is 3. The van der Waals surface area contributed by atoms with Gasteiger partial charge in [-0.2, -0.15) is 11.8 Å². The van der Waals surface area contributed by atoms with E-state index >= 15 is 0 Å². The number of amides is 3. The van der Waals surface area contributed by atoms with E-state index in [1.165, 1.54) is 0 Å². The maximum absolute atomic E-state index is 13.8. The molecule has 1 aromatic carbocycles. The van der Waals surface area contributed by atoms with Crippen molar-refractivity contribution in [3.8, 4) is 0 Å². The summed E-state index contributed by atoms with van der Waals surface area (Å²) in [5.74, 6) is 0.112. The second-order valence-corrected chi connectivity index (χ2v) is 11.6. The molecule has 0 aliphatic rings. The number of likely N-dealkylation sites (N-methyl/N-ethyl adjacent to an activating group) is 1. The number of carbonyl (C=O) groups excluding carboxylic acids is 3. The number of ether oxygens (including phenoxy) is 1. The average Bonchev–Trinajstić information content (AvgIpc) is 2.68. The van der Waals surface area contributed by atoms with E-state index in [0.717, 1.165) is 16.7 Å². The summed E-state index contributed by atoms with van der Waals surface area (Å²) in [5.41, 5.74) is 1.55. The Morgan fingerprint density at radius 3 is 2.21 bits per heavy atom. The molecule has 0 aliphatic carbocycles. The Labute approximate surface area is 209 Å². The van der Waals surface area contributed by atoms with E-state index in [0.29, 0.717) is 18.7 Å². The molecule has 192 valence electrons. The van der Waals surface area contributed by atoms with Crippen molar-refractivity contribution in [1.29, 1.82) is 0 Å². The van der Waals surface area contributed by atoms with Gasteiger partial charge in [0.25, 0.3) is 0 Å². The van der Waals surface area contributed by atoms with Crippen molar-refractivity contribution in [1.82, 2.24) is 15.5 Å². The van der Waals surface area contributed by atoms with Gasteiger partial charge >= 0.3 is 6.09 Å². The standard InChI is InChI=1S/C26H43N3O4S/c1-11-29(23(31)20(14-15-34-10)27-24(32)33-26(7,8)9)21(22(30)28-25(4,5)6)19-16-17(2)12-13-18(19)3/h12-13,16,20-21H,11,14-15H2,1-10H3,(H,27,32)(H,28,30). The van der Waals surface area contributed by atoms with Crippen molar-refractivity contribution < 1.29 is 19.1 Å². The zero-order valence-corrected chi connectivity index (χ0v) is 23.3. The zero-order valence-electron chi connectivity index (χ0n) is 22.5. The molecule has 3 amide bonds. The van der Waals surface area contributed by atoms with Crippen LogP contribution in [0.2, 0.25) is 0 Å². The van der Waals surface area contributed by atoms with Gasteiger partial charge in [0, 0.05) is 12.1 Å². The first-order chi connectivity index (χ1) is 15.6. The molecule has 2 atom stereocenters. The summed E-state index contributed by atoms with van der Waals surface area (Å²) in [6.07, 6.45) is 1.73. The summed E-state index contributed by atoms with van der Waals surface area (Å²) < 4.78 is 5.40. The predicted octanol–water partition coefficient (Wildman–Crippen LogP) is 4.75. The number of hydrogen-bond donors (Lipinski definition) is 2. The Hall–Kier alpha value is -2.22. The molecule has 2 N–H and O–H groups in total. The number of nitrogens with one attached hydrogen (secondary N) is 2. The number of rotatable bonds is 9. The van der Waals surface area contributed by atoms with Crippen LogP contribution in [0.3, 0.4) is 0 Å². The SMILES string of the molecule is CCN(C(=O)C(CCSC)NC(=O)OC(C)(C)C)C(C(=O)NC(C)(C)C)c1cc(C)ccc1C. The van der Waals surface area contributed by atoms with Gasteiger partial charge in [0.1, 0.15) is 17.7 Å². The smallest absolute Gasteiger partial charge is 0.408 e. The second kappa shape index (κ2) is 12.5. The van der Waals surface area contributed by atoms with Crippen LogP contribution in [0.1, 0.15) is 77.6 Å². The first-order valence-electron chi connectivity index (χ1n) is 11.8. The van der Waals surface area contributed by atoms with Crippen LogP contribution in [0.4, 0.5) is 4.79 Å². The quantitative estimate of drug-likeness (QED) is 0.518. The van der Waals surface area contributed by atoms with E-state index in [1.807, 2.05) is 66.0 Å². The molecule has 7 nitrogen and oxygen atoms in total. The third kappa shape index (κ3) is 9.57. The predicted molar refractivity (Wildman–Crippen MR) is 140 cm³/mol. The lowest BCUT2D eigenvalue weighted by atomic mass is 9.95. The van der Waals surface area contributed by atoms with E-state index in [2.05, 4.69) is 10.6 Å². The van der Waals surface area contributed by atoms with Gasteiger partial charge in [0.05, 0.1) is 0 Å². The van der Waals surface area contributed by atoms with Crippen molar-refractivity contribution in [2.24, 2.45) is 0 Å². The van der Waals surface area contributed by atoms with E-state index < -0.39 is 29.3 Å². The third-order valence-corrected chi connectivity index (χ3v) is 5.65. The van der Waals surface area contributed by atoms with Crippen molar-refractivity contribution in [2.45, 2.75) is 92.0 Å². The van der Waals surface area contributed by atoms with Gasteiger partial charge in [0.2, 0.25) is 11.8 Å². The van der Waals surface area contributed by atoms with E-state index in [9.17, 15) is 14.4 Å². The molecule has 0 saturated heterocycles. The van der Waals surface area contributed by atoms with Crippen LogP contribution in [0, 0.1) is 13.8 Å². The Balaban J connectivity index is 3.44. The fourth-order valence-corrected chi connectivity index (χ4v) is 4.02. The molecule has 0 saturated carbocycles. The Bertz CT molecular complexity index is 859. The first-order valence-corrected chi connectivity index (χ1v) is 13.2. The van der Waals surface area contributed by atoms with Gasteiger partial charge in [-0.05, 0) is 91.9 Å². The fraction of sp³-hybridized carbons (Fsp3) is 0.654. The average molecular weight is 494 g/mol. The Morgan fingerprint density at radius 2 is 1.71 bits per heavy atom. The summed E-state index contributed by atoms with van der Waals surface area (Å²) in [4.78, 5) is 41.5. The molecule has 1 aromatic rings. The molecular formula is C26H43N3O4S. The Morgan fingerprint density at radius 1 is 1.09 bits per heavy atom. The second-order valence-electron chi connectivity index (χ2n) is 10.6. The number of nitrogens with zero attached hydrogens (tertiary/aromatic N) is 1. The number of aryl methyl sites for hydroxylation is 2. The van der Waals surface area contributed by atoms with Gasteiger partial charge in [-0.25, -0.2) is 4.79 Å². The van der Waals surface area contributed by atoms with Crippen LogP contribution in [0.5, 0.6) is 0 Å². The molecule has 0 bridgehead atoms. The largest absolute Gasteiger partial charge is 0.444 e. The van der Waals surface area contributed by atoms with Gasteiger partial charge < -0.3 is 20.3 Å². The van der Waals surface area contributed by atoms with Gasteiger partial charge in [-0.1, -0.05) is 23.8 Å². The topological polar surface area (TPSA) is 87.7 Å². The molecule has 2 unspecified atom stereocenters. The lowest BCUT2D eigenvalue weighted by Crippen LogP contribution is -2.54. The molecule has 1 rings (SSSR count). The number of thioether (sulfide) groups is 1. The minimum absolute atomic E-state index is 0.253. The number of benzene rings is 1. The minimum atomic E-state index is -0.825. The van der Waals surface area contributed by atoms with E-state index in [-0.39, 0.29) is 11.8 Å². The van der Waals surface area contributed by atoms with Crippen molar-refractivity contribution >= 4 is 29.7 Å². The monoisotopic (exact) mass is 493 g/mol. The molecule has 0 spiro atoms. The molecule has 8 heteroatoms. The van der Waals surface area contributed by atoms with Crippen LogP contribution < -0.4 is 10.6 Å². The van der Waals surface area contributed by atoms with Crippen LogP contribution in [-0.2, 0) is 14.3 Å². The highest BCUT2D eigenvalue weighted by Crippen LogP contribution is 2.27. The fourth-order valence-electron chi connectivity index (χ4n) is 3.55. The molecule has 0 heterocycles. The molecule has 0 radical (unpaired) electrons. The molecule has 0 fully saturated rings. The summed E-state index contributed by atoms with van der Waals surface area (Å²) in [6, 6.07) is 4.27. The van der Waals surface area contributed by atoms with Crippen LogP contribution in [-0.4, -0.2) is 58.5 Å². The molecule has 34 heavy (non-hydrogen) atoms. The van der Waals surface area contributed by atoms with Crippen LogP contribution in [0.25, 0.3) is 0 Å². The summed E-state index contributed by atoms with van der Waals surface area (Å²) in [7, 11) is 0. The van der Waals surface area contributed by atoms with Crippen molar-refractivity contribution in [3.63, 3.8) is 0 Å².